The third-order valence-electron chi connectivity index (χ3n) is 1.57. The van der Waals surface area contributed by atoms with Crippen molar-refractivity contribution in [1.29, 1.82) is 0 Å². The van der Waals surface area contributed by atoms with Crippen LogP contribution in [-0.2, 0) is 14.8 Å². The maximum absolute atomic E-state index is 11.4. The molecule has 1 heterocycles. The molecule has 0 amide bonds. The Kier molecular flexibility index (Phi) is 4.25. The van der Waals surface area contributed by atoms with Crippen LogP contribution in [0, 0.1) is 0 Å². The Morgan fingerprint density at radius 3 is 2.69 bits per heavy atom. The van der Waals surface area contributed by atoms with Crippen LogP contribution in [0.3, 0.4) is 0 Å². The van der Waals surface area contributed by atoms with Crippen LogP contribution in [0.2, 0.25) is 0 Å². The number of aliphatic carboxylic acids is 1. The van der Waals surface area contributed by atoms with Gasteiger partial charge in [0.15, 0.2) is 0 Å². The third-order valence-corrected chi connectivity index (χ3v) is 3.30. The number of anilines is 1. The molecule has 1 aromatic heterocycles. The van der Waals surface area contributed by atoms with E-state index in [1.807, 2.05) is 0 Å². The summed E-state index contributed by atoms with van der Waals surface area (Å²) in [6.45, 7) is 0. The third kappa shape index (κ3) is 4.58. The molecule has 0 atom stereocenters. The first-order valence-electron chi connectivity index (χ1n) is 4.23. The Hall–Kier alpha value is -1.15. The Balaban J connectivity index is 2.65. The summed E-state index contributed by atoms with van der Waals surface area (Å²) in [5.74, 6) is -1.47. The van der Waals surface area contributed by atoms with Crippen LogP contribution in [-0.4, -0.2) is 30.2 Å². The van der Waals surface area contributed by atoms with E-state index in [9.17, 15) is 13.2 Å². The van der Waals surface area contributed by atoms with Gasteiger partial charge in [-0.1, -0.05) is 0 Å². The summed E-state index contributed by atoms with van der Waals surface area (Å²) in [7, 11) is -3.65. The highest BCUT2D eigenvalue weighted by atomic mass is 79.9. The van der Waals surface area contributed by atoms with E-state index in [2.05, 4.69) is 25.6 Å². The van der Waals surface area contributed by atoms with Crippen LogP contribution in [0.25, 0.3) is 0 Å². The van der Waals surface area contributed by atoms with Crippen LogP contribution >= 0.6 is 15.9 Å². The number of carboxylic acid groups (broad SMARTS) is 1. The van der Waals surface area contributed by atoms with Crippen molar-refractivity contribution < 1.29 is 18.3 Å². The Morgan fingerprint density at radius 1 is 1.50 bits per heavy atom. The SMILES string of the molecule is O=C(O)CCS(=O)(=O)Nc1ccc(Br)cn1. The highest BCUT2D eigenvalue weighted by molar-refractivity contribution is 9.10. The number of carbonyl (C=O) groups is 1. The maximum Gasteiger partial charge on any atom is 0.304 e. The Labute approximate surface area is 101 Å². The second-order valence-electron chi connectivity index (χ2n) is 2.93. The van der Waals surface area contributed by atoms with Gasteiger partial charge in [-0.3, -0.25) is 9.52 Å². The number of aromatic nitrogens is 1. The highest BCUT2D eigenvalue weighted by Gasteiger charge is 2.13. The van der Waals surface area contributed by atoms with Gasteiger partial charge in [-0.25, -0.2) is 13.4 Å². The number of hydrogen-bond acceptors (Lipinski definition) is 4. The summed E-state index contributed by atoms with van der Waals surface area (Å²) in [6, 6.07) is 3.10. The molecule has 0 aromatic carbocycles. The molecule has 0 saturated heterocycles. The zero-order valence-electron chi connectivity index (χ0n) is 8.05. The van der Waals surface area contributed by atoms with Crippen LogP contribution in [0.5, 0.6) is 0 Å². The summed E-state index contributed by atoms with van der Waals surface area (Å²) in [4.78, 5) is 14.0. The van der Waals surface area contributed by atoms with Gasteiger partial charge in [-0.05, 0) is 28.1 Å². The Bertz CT molecular complexity index is 471. The average Bonchev–Trinajstić information content (AvgIpc) is 2.19. The molecule has 6 nitrogen and oxygen atoms in total. The molecule has 0 fully saturated rings. The number of nitrogens with zero attached hydrogens (tertiary/aromatic N) is 1. The number of pyridine rings is 1. The molecule has 1 rings (SSSR count). The number of carboxylic acids is 1. The average molecular weight is 309 g/mol. The second-order valence-corrected chi connectivity index (χ2v) is 5.68. The lowest BCUT2D eigenvalue weighted by Gasteiger charge is -2.05. The highest BCUT2D eigenvalue weighted by Crippen LogP contribution is 2.11. The van der Waals surface area contributed by atoms with Crippen molar-refractivity contribution in [3.63, 3.8) is 0 Å². The van der Waals surface area contributed by atoms with E-state index in [0.29, 0.717) is 0 Å². The van der Waals surface area contributed by atoms with E-state index in [-0.39, 0.29) is 5.82 Å². The van der Waals surface area contributed by atoms with Gasteiger partial charge in [-0.2, -0.15) is 0 Å². The van der Waals surface area contributed by atoms with Gasteiger partial charge < -0.3 is 5.11 Å². The summed E-state index contributed by atoms with van der Waals surface area (Å²) in [6.07, 6.45) is 1.00. The minimum absolute atomic E-state index is 0.161. The standard InChI is InChI=1S/C8H9BrN2O4S/c9-6-1-2-7(10-5-6)11-16(14,15)4-3-8(12)13/h1-2,5H,3-4H2,(H,10,11)(H,12,13). The van der Waals surface area contributed by atoms with E-state index in [1.54, 1.807) is 6.07 Å². The molecule has 0 aliphatic rings. The fourth-order valence-electron chi connectivity index (χ4n) is 0.868. The van der Waals surface area contributed by atoms with Crippen molar-refractivity contribution in [3.05, 3.63) is 22.8 Å². The van der Waals surface area contributed by atoms with Crippen molar-refractivity contribution in [2.24, 2.45) is 0 Å². The molecule has 1 aromatic rings. The van der Waals surface area contributed by atoms with Crippen molar-refractivity contribution in [1.82, 2.24) is 4.98 Å². The van der Waals surface area contributed by atoms with E-state index in [1.165, 1.54) is 12.3 Å². The smallest absolute Gasteiger partial charge is 0.304 e. The molecular weight excluding hydrogens is 300 g/mol. The topological polar surface area (TPSA) is 96.4 Å². The van der Waals surface area contributed by atoms with E-state index >= 15 is 0 Å². The van der Waals surface area contributed by atoms with Crippen molar-refractivity contribution in [2.45, 2.75) is 6.42 Å². The molecule has 8 heteroatoms. The number of hydrogen-bond donors (Lipinski definition) is 2. The Morgan fingerprint density at radius 2 is 2.19 bits per heavy atom. The molecule has 2 N–H and O–H groups in total. The normalized spacial score (nSPS) is 11.1. The van der Waals surface area contributed by atoms with Crippen molar-refractivity contribution in [3.8, 4) is 0 Å². The van der Waals surface area contributed by atoms with Crippen LogP contribution < -0.4 is 4.72 Å². The molecule has 0 unspecified atom stereocenters. The second kappa shape index (κ2) is 5.26. The van der Waals surface area contributed by atoms with E-state index < -0.39 is 28.2 Å². The lowest BCUT2D eigenvalue weighted by molar-refractivity contribution is -0.136. The lowest BCUT2D eigenvalue weighted by Crippen LogP contribution is -2.19. The van der Waals surface area contributed by atoms with Gasteiger partial charge >= 0.3 is 5.97 Å². The predicted octanol–water partition coefficient (Wildman–Crippen LogP) is 1.06. The molecule has 0 radical (unpaired) electrons. The molecular formula is C8H9BrN2O4S. The molecule has 0 aliphatic heterocycles. The molecule has 16 heavy (non-hydrogen) atoms. The first-order valence-corrected chi connectivity index (χ1v) is 6.67. The first kappa shape index (κ1) is 12.9. The summed E-state index contributed by atoms with van der Waals surface area (Å²) in [5, 5.41) is 8.37. The summed E-state index contributed by atoms with van der Waals surface area (Å²) >= 11 is 3.16. The lowest BCUT2D eigenvalue weighted by atomic mass is 10.5. The van der Waals surface area contributed by atoms with Gasteiger partial charge in [0.25, 0.3) is 0 Å². The van der Waals surface area contributed by atoms with Crippen LogP contribution in [0.1, 0.15) is 6.42 Å². The zero-order chi connectivity index (χ0) is 12.2. The van der Waals surface area contributed by atoms with Gasteiger partial charge in [-0.15, -0.1) is 0 Å². The van der Waals surface area contributed by atoms with Crippen molar-refractivity contribution >= 4 is 37.7 Å². The zero-order valence-corrected chi connectivity index (χ0v) is 10.5. The fraction of sp³-hybridized carbons (Fsp3) is 0.250. The molecule has 0 bridgehead atoms. The molecule has 0 aliphatic carbocycles. The molecule has 88 valence electrons. The summed E-state index contributed by atoms with van der Waals surface area (Å²) in [5.41, 5.74) is 0. The summed E-state index contributed by atoms with van der Waals surface area (Å²) < 4.78 is 25.6. The maximum atomic E-state index is 11.4. The minimum atomic E-state index is -3.65. The van der Waals surface area contributed by atoms with Crippen LogP contribution in [0.4, 0.5) is 5.82 Å². The fourth-order valence-corrected chi connectivity index (χ4v) is 2.09. The van der Waals surface area contributed by atoms with Crippen molar-refractivity contribution in [2.75, 3.05) is 10.5 Å². The van der Waals surface area contributed by atoms with Crippen LogP contribution in [0.15, 0.2) is 22.8 Å². The number of halogens is 1. The van der Waals surface area contributed by atoms with E-state index in [0.717, 1.165) is 4.47 Å². The van der Waals surface area contributed by atoms with Gasteiger partial charge in [0.05, 0.1) is 12.2 Å². The number of nitrogens with one attached hydrogen (secondary N) is 1. The van der Waals surface area contributed by atoms with Gasteiger partial charge in [0.2, 0.25) is 10.0 Å². The number of rotatable bonds is 5. The first-order chi connectivity index (χ1) is 7.39. The largest absolute Gasteiger partial charge is 0.481 e. The minimum Gasteiger partial charge on any atom is -0.481 e. The number of sulfonamides is 1. The van der Waals surface area contributed by atoms with Gasteiger partial charge in [0, 0.05) is 10.7 Å². The van der Waals surface area contributed by atoms with E-state index in [4.69, 9.17) is 5.11 Å². The molecule has 0 spiro atoms. The predicted molar refractivity (Wildman–Crippen MR) is 61.6 cm³/mol. The quantitative estimate of drug-likeness (QED) is 0.848. The molecule has 0 saturated carbocycles. The van der Waals surface area contributed by atoms with Gasteiger partial charge in [0.1, 0.15) is 5.82 Å². The monoisotopic (exact) mass is 308 g/mol.